The van der Waals surface area contributed by atoms with Crippen molar-refractivity contribution in [1.29, 1.82) is 0 Å². The fourth-order valence-corrected chi connectivity index (χ4v) is 3.07. The van der Waals surface area contributed by atoms with Crippen LogP contribution in [0.2, 0.25) is 5.02 Å². The second-order valence-electron chi connectivity index (χ2n) is 5.99. The Labute approximate surface area is 140 Å². The van der Waals surface area contributed by atoms with Crippen molar-refractivity contribution in [2.24, 2.45) is 0 Å². The number of halogens is 1. The Hall–Kier alpha value is -1.88. The molecule has 0 radical (unpaired) electrons. The quantitative estimate of drug-likeness (QED) is 0.860. The van der Waals surface area contributed by atoms with Crippen LogP contribution in [0, 0.1) is 6.92 Å². The molecular weight excluding hydrogens is 314 g/mol. The Bertz CT molecular complexity index is 669. The first kappa shape index (κ1) is 16.0. The highest BCUT2D eigenvalue weighted by Crippen LogP contribution is 2.26. The van der Waals surface area contributed by atoms with Gasteiger partial charge in [-0.25, -0.2) is 0 Å². The van der Waals surface area contributed by atoms with E-state index in [4.69, 9.17) is 16.1 Å². The molecule has 1 amide bonds. The molecule has 1 unspecified atom stereocenters. The molecule has 6 heteroatoms. The average Bonchev–Trinajstić information content (AvgIpc) is 3.01. The van der Waals surface area contributed by atoms with E-state index in [-0.39, 0.29) is 11.8 Å². The zero-order valence-electron chi connectivity index (χ0n) is 13.2. The molecule has 23 heavy (non-hydrogen) atoms. The van der Waals surface area contributed by atoms with Gasteiger partial charge in [-0.15, -0.1) is 0 Å². The fourth-order valence-electron chi connectivity index (χ4n) is 2.94. The number of rotatable bonds is 4. The Morgan fingerprint density at radius 2 is 2.17 bits per heavy atom. The van der Waals surface area contributed by atoms with Crippen LogP contribution in [-0.4, -0.2) is 34.0 Å². The third-order valence-corrected chi connectivity index (χ3v) is 4.46. The number of piperidine rings is 1. The highest BCUT2D eigenvalue weighted by atomic mass is 35.5. The summed E-state index contributed by atoms with van der Waals surface area (Å²) in [5.74, 6) is 1.63. The summed E-state index contributed by atoms with van der Waals surface area (Å²) >= 11 is 5.88. The van der Waals surface area contributed by atoms with Crippen molar-refractivity contribution in [3.05, 3.63) is 46.6 Å². The zero-order valence-corrected chi connectivity index (χ0v) is 13.9. The molecule has 1 aromatic heterocycles. The molecule has 1 aliphatic heterocycles. The molecule has 2 heterocycles. The lowest BCUT2D eigenvalue weighted by atomic mass is 9.97. The number of nitrogens with zero attached hydrogens (tertiary/aromatic N) is 3. The maximum atomic E-state index is 12.5. The zero-order chi connectivity index (χ0) is 16.2. The Morgan fingerprint density at radius 3 is 2.87 bits per heavy atom. The van der Waals surface area contributed by atoms with Crippen LogP contribution in [0.3, 0.4) is 0 Å². The lowest BCUT2D eigenvalue weighted by molar-refractivity contribution is -0.132. The first-order valence-corrected chi connectivity index (χ1v) is 8.32. The van der Waals surface area contributed by atoms with Gasteiger partial charge in [-0.05, 0) is 43.9 Å². The van der Waals surface area contributed by atoms with Crippen molar-refractivity contribution < 1.29 is 9.32 Å². The molecule has 3 rings (SSSR count). The number of carbonyl (C=O) groups excluding carboxylic acids is 1. The average molecular weight is 334 g/mol. The van der Waals surface area contributed by atoms with Crippen molar-refractivity contribution in [2.45, 2.75) is 38.5 Å². The van der Waals surface area contributed by atoms with Crippen LogP contribution in [0.5, 0.6) is 0 Å². The van der Waals surface area contributed by atoms with E-state index in [1.807, 2.05) is 36.1 Å². The molecule has 0 aliphatic carbocycles. The maximum Gasteiger partial charge on any atom is 0.231 e. The highest BCUT2D eigenvalue weighted by Gasteiger charge is 2.27. The lowest BCUT2D eigenvalue weighted by Gasteiger charge is -2.31. The summed E-state index contributed by atoms with van der Waals surface area (Å²) in [6.45, 7) is 3.29. The summed E-state index contributed by atoms with van der Waals surface area (Å²) in [7, 11) is 0. The third kappa shape index (κ3) is 4.10. The van der Waals surface area contributed by atoms with Gasteiger partial charge >= 0.3 is 0 Å². The molecule has 0 bridgehead atoms. The molecule has 2 aromatic rings. The second kappa shape index (κ2) is 7.13. The number of aryl methyl sites for hydroxylation is 2. The fraction of sp³-hybridized carbons (Fsp3) is 0.471. The number of likely N-dealkylation sites (tertiary alicyclic amines) is 1. The molecule has 1 saturated heterocycles. The number of carbonyl (C=O) groups is 1. The van der Waals surface area contributed by atoms with E-state index in [0.29, 0.717) is 29.7 Å². The first-order chi connectivity index (χ1) is 11.1. The molecule has 122 valence electrons. The molecule has 1 aromatic carbocycles. The Kier molecular flexibility index (Phi) is 4.96. The van der Waals surface area contributed by atoms with E-state index in [0.717, 1.165) is 31.4 Å². The van der Waals surface area contributed by atoms with Crippen LogP contribution in [0.1, 0.15) is 42.5 Å². The minimum Gasteiger partial charge on any atom is -0.342 e. The topological polar surface area (TPSA) is 59.2 Å². The van der Waals surface area contributed by atoms with Gasteiger partial charge in [-0.2, -0.15) is 4.98 Å². The van der Waals surface area contributed by atoms with Crippen LogP contribution in [-0.2, 0) is 11.2 Å². The maximum absolute atomic E-state index is 12.5. The molecule has 1 aliphatic rings. The predicted molar refractivity (Wildman–Crippen MR) is 87.4 cm³/mol. The summed E-state index contributed by atoms with van der Waals surface area (Å²) in [4.78, 5) is 18.7. The van der Waals surface area contributed by atoms with E-state index >= 15 is 0 Å². The summed E-state index contributed by atoms with van der Waals surface area (Å²) in [5, 5.41) is 4.56. The molecule has 0 saturated carbocycles. The van der Waals surface area contributed by atoms with Gasteiger partial charge in [0.05, 0.1) is 5.92 Å². The van der Waals surface area contributed by atoms with Gasteiger partial charge in [-0.1, -0.05) is 28.9 Å². The van der Waals surface area contributed by atoms with Gasteiger partial charge < -0.3 is 9.42 Å². The van der Waals surface area contributed by atoms with E-state index in [1.54, 1.807) is 0 Å². The minimum absolute atomic E-state index is 0.157. The third-order valence-electron chi connectivity index (χ3n) is 4.21. The van der Waals surface area contributed by atoms with Gasteiger partial charge in [0.1, 0.15) is 0 Å². The first-order valence-electron chi connectivity index (χ1n) is 7.94. The number of aromatic nitrogens is 2. The number of hydrogen-bond donors (Lipinski definition) is 0. The molecule has 1 fully saturated rings. The minimum atomic E-state index is 0.157. The van der Waals surface area contributed by atoms with Crippen LogP contribution < -0.4 is 0 Å². The Morgan fingerprint density at radius 1 is 1.39 bits per heavy atom. The Balaban J connectivity index is 1.55. The standard InChI is InChI=1S/C17H20ClN3O2/c1-12-19-17(23-20-12)14-3-2-10-21(11-14)16(22)9-6-13-4-7-15(18)8-5-13/h4-5,7-8,14H,2-3,6,9-11H2,1H3. The van der Waals surface area contributed by atoms with Crippen LogP contribution in [0.4, 0.5) is 0 Å². The number of benzene rings is 1. The normalized spacial score (nSPS) is 18.2. The van der Waals surface area contributed by atoms with E-state index in [1.165, 1.54) is 0 Å². The highest BCUT2D eigenvalue weighted by molar-refractivity contribution is 6.30. The lowest BCUT2D eigenvalue weighted by Crippen LogP contribution is -2.39. The molecular formula is C17H20ClN3O2. The van der Waals surface area contributed by atoms with Gasteiger partial charge in [0.25, 0.3) is 0 Å². The van der Waals surface area contributed by atoms with Crippen molar-refractivity contribution in [2.75, 3.05) is 13.1 Å². The van der Waals surface area contributed by atoms with Crippen LogP contribution in [0.15, 0.2) is 28.8 Å². The van der Waals surface area contributed by atoms with Gasteiger partial charge in [0, 0.05) is 24.5 Å². The van der Waals surface area contributed by atoms with Crippen molar-refractivity contribution in [3.8, 4) is 0 Å². The summed E-state index contributed by atoms with van der Waals surface area (Å²) in [6.07, 6.45) is 3.20. The molecule has 1 atom stereocenters. The largest absolute Gasteiger partial charge is 0.342 e. The summed E-state index contributed by atoms with van der Waals surface area (Å²) in [6, 6.07) is 7.65. The van der Waals surface area contributed by atoms with E-state index in [9.17, 15) is 4.79 Å². The van der Waals surface area contributed by atoms with Gasteiger partial charge in [0.15, 0.2) is 5.82 Å². The second-order valence-corrected chi connectivity index (χ2v) is 6.42. The monoisotopic (exact) mass is 333 g/mol. The van der Waals surface area contributed by atoms with Crippen molar-refractivity contribution >= 4 is 17.5 Å². The van der Waals surface area contributed by atoms with E-state index < -0.39 is 0 Å². The van der Waals surface area contributed by atoms with Crippen molar-refractivity contribution in [1.82, 2.24) is 15.0 Å². The van der Waals surface area contributed by atoms with Crippen LogP contribution >= 0.6 is 11.6 Å². The molecule has 5 nitrogen and oxygen atoms in total. The number of amides is 1. The van der Waals surface area contributed by atoms with Crippen LogP contribution in [0.25, 0.3) is 0 Å². The molecule has 0 N–H and O–H groups in total. The number of hydrogen-bond acceptors (Lipinski definition) is 4. The van der Waals surface area contributed by atoms with Crippen molar-refractivity contribution in [3.63, 3.8) is 0 Å². The smallest absolute Gasteiger partial charge is 0.231 e. The van der Waals surface area contributed by atoms with E-state index in [2.05, 4.69) is 10.1 Å². The molecule has 0 spiro atoms. The summed E-state index contributed by atoms with van der Waals surface area (Å²) < 4.78 is 5.26. The van der Waals surface area contributed by atoms with Gasteiger partial charge in [0.2, 0.25) is 11.8 Å². The predicted octanol–water partition coefficient (Wildman–Crippen LogP) is 3.37. The van der Waals surface area contributed by atoms with Gasteiger partial charge in [-0.3, -0.25) is 4.79 Å². The SMILES string of the molecule is Cc1noc(C2CCCN(C(=O)CCc3ccc(Cl)cc3)C2)n1. The summed E-state index contributed by atoms with van der Waals surface area (Å²) in [5.41, 5.74) is 1.13.